The molecule has 7 heteroatoms. The number of fused-ring (bicyclic) bond motifs is 1. The van der Waals surface area contributed by atoms with Crippen molar-refractivity contribution in [3.63, 3.8) is 0 Å². The van der Waals surface area contributed by atoms with Crippen LogP contribution in [0.1, 0.15) is 33.7 Å². The van der Waals surface area contributed by atoms with Gasteiger partial charge in [-0.1, -0.05) is 15.9 Å². The van der Waals surface area contributed by atoms with Crippen LogP contribution in [0.2, 0.25) is 0 Å². The largest absolute Gasteiger partial charge is 0.472 e. The number of aromatic amines is 1. The third-order valence-corrected chi connectivity index (χ3v) is 5.21. The molecule has 134 valence electrons. The van der Waals surface area contributed by atoms with Crippen molar-refractivity contribution < 1.29 is 14.0 Å². The van der Waals surface area contributed by atoms with Crippen molar-refractivity contribution in [3.8, 4) is 0 Å². The van der Waals surface area contributed by atoms with Crippen LogP contribution in [0, 0.1) is 0 Å². The van der Waals surface area contributed by atoms with Gasteiger partial charge in [0.1, 0.15) is 12.0 Å². The minimum Gasteiger partial charge on any atom is -0.472 e. The van der Waals surface area contributed by atoms with E-state index in [1.807, 2.05) is 24.3 Å². The number of hydrogen-bond donors (Lipinski definition) is 2. The predicted octanol–water partition coefficient (Wildman–Crippen LogP) is 3.56. The van der Waals surface area contributed by atoms with Crippen molar-refractivity contribution in [1.29, 1.82) is 0 Å². The molecule has 2 N–H and O–H groups in total. The summed E-state index contributed by atoms with van der Waals surface area (Å²) in [6.07, 6.45) is 4.44. The molecule has 1 saturated heterocycles. The van der Waals surface area contributed by atoms with E-state index in [4.69, 9.17) is 4.42 Å². The zero-order chi connectivity index (χ0) is 18.1. The number of nitrogens with one attached hydrogen (secondary N) is 2. The second kappa shape index (κ2) is 6.99. The summed E-state index contributed by atoms with van der Waals surface area (Å²) < 4.78 is 5.95. The van der Waals surface area contributed by atoms with E-state index in [0.29, 0.717) is 24.3 Å². The fourth-order valence-electron chi connectivity index (χ4n) is 3.28. The zero-order valence-electron chi connectivity index (χ0n) is 14.0. The molecule has 0 radical (unpaired) electrons. The number of halogens is 1. The smallest absolute Gasteiger partial charge is 0.267 e. The van der Waals surface area contributed by atoms with Crippen LogP contribution in [-0.2, 0) is 0 Å². The molecule has 4 rings (SSSR count). The third-order valence-electron chi connectivity index (χ3n) is 4.71. The molecular weight excluding hydrogens is 398 g/mol. The van der Waals surface area contributed by atoms with Crippen LogP contribution in [-0.4, -0.2) is 40.8 Å². The molecule has 26 heavy (non-hydrogen) atoms. The highest BCUT2D eigenvalue weighted by Gasteiger charge is 2.25. The highest BCUT2D eigenvalue weighted by Crippen LogP contribution is 2.21. The number of carbonyl (C=O) groups is 2. The van der Waals surface area contributed by atoms with Crippen LogP contribution >= 0.6 is 15.9 Å². The van der Waals surface area contributed by atoms with Crippen molar-refractivity contribution in [2.24, 2.45) is 0 Å². The van der Waals surface area contributed by atoms with E-state index in [0.717, 1.165) is 28.2 Å². The van der Waals surface area contributed by atoms with Crippen molar-refractivity contribution in [2.75, 3.05) is 13.1 Å². The van der Waals surface area contributed by atoms with Gasteiger partial charge in [-0.15, -0.1) is 0 Å². The van der Waals surface area contributed by atoms with Gasteiger partial charge in [0.05, 0.1) is 11.8 Å². The number of aromatic nitrogens is 1. The van der Waals surface area contributed by atoms with Crippen molar-refractivity contribution in [1.82, 2.24) is 15.2 Å². The Morgan fingerprint density at radius 1 is 1.19 bits per heavy atom. The Bertz CT molecular complexity index is 940. The van der Waals surface area contributed by atoms with Crippen LogP contribution in [0.3, 0.4) is 0 Å². The number of likely N-dealkylation sites (tertiary alicyclic amines) is 1. The van der Waals surface area contributed by atoms with E-state index >= 15 is 0 Å². The molecule has 1 fully saturated rings. The van der Waals surface area contributed by atoms with Crippen LogP contribution in [0.4, 0.5) is 0 Å². The van der Waals surface area contributed by atoms with Gasteiger partial charge in [-0.05, 0) is 43.2 Å². The molecule has 0 atom stereocenters. The molecule has 2 aromatic heterocycles. The number of furan rings is 1. The van der Waals surface area contributed by atoms with Crippen LogP contribution in [0.25, 0.3) is 10.9 Å². The number of benzene rings is 1. The molecule has 0 bridgehead atoms. The van der Waals surface area contributed by atoms with Gasteiger partial charge in [0.25, 0.3) is 11.8 Å². The molecule has 0 saturated carbocycles. The number of carbonyl (C=O) groups excluding carboxylic acids is 2. The van der Waals surface area contributed by atoms with Gasteiger partial charge < -0.3 is 19.6 Å². The summed E-state index contributed by atoms with van der Waals surface area (Å²) in [4.78, 5) is 29.8. The fraction of sp³-hybridized carbons (Fsp3) is 0.263. The lowest BCUT2D eigenvalue weighted by Crippen LogP contribution is -2.46. The van der Waals surface area contributed by atoms with Crippen molar-refractivity contribution in [2.45, 2.75) is 18.9 Å². The lowest BCUT2D eigenvalue weighted by Gasteiger charge is -2.32. The van der Waals surface area contributed by atoms with E-state index in [9.17, 15) is 9.59 Å². The Balaban J connectivity index is 1.36. The number of rotatable bonds is 3. The summed E-state index contributed by atoms with van der Waals surface area (Å²) in [5, 5.41) is 4.06. The fourth-order valence-corrected chi connectivity index (χ4v) is 3.66. The molecule has 0 aliphatic carbocycles. The maximum Gasteiger partial charge on any atom is 0.267 e. The number of hydrogen-bond acceptors (Lipinski definition) is 3. The number of amides is 2. The van der Waals surface area contributed by atoms with E-state index in [2.05, 4.69) is 26.2 Å². The average molecular weight is 416 g/mol. The number of piperidine rings is 1. The molecular formula is C19H18BrN3O3. The second-order valence-corrected chi connectivity index (χ2v) is 7.38. The molecule has 2 amide bonds. The average Bonchev–Trinajstić information content (AvgIpc) is 3.31. The highest BCUT2D eigenvalue weighted by molar-refractivity contribution is 9.10. The molecule has 1 aromatic carbocycles. The molecule has 1 aliphatic rings. The normalized spacial score (nSPS) is 15.3. The number of H-pyrrole nitrogens is 1. The van der Waals surface area contributed by atoms with Gasteiger partial charge >= 0.3 is 0 Å². The molecule has 1 aliphatic heterocycles. The first-order valence-electron chi connectivity index (χ1n) is 8.51. The first kappa shape index (κ1) is 16.9. The maximum absolute atomic E-state index is 12.5. The summed E-state index contributed by atoms with van der Waals surface area (Å²) in [5.74, 6) is -0.137. The van der Waals surface area contributed by atoms with Gasteiger partial charge in [-0.25, -0.2) is 0 Å². The Hall–Kier alpha value is -2.54. The minimum absolute atomic E-state index is 0.0234. The van der Waals surface area contributed by atoms with Crippen molar-refractivity contribution in [3.05, 3.63) is 58.6 Å². The SMILES string of the molecule is O=C(NC1CCN(C(=O)c2ccoc2)CC1)c1cc2cc(Br)ccc2[nH]1. The highest BCUT2D eigenvalue weighted by atomic mass is 79.9. The molecule has 0 unspecified atom stereocenters. The molecule has 6 nitrogen and oxygen atoms in total. The molecule has 3 heterocycles. The van der Waals surface area contributed by atoms with Gasteiger partial charge in [0.15, 0.2) is 0 Å². The maximum atomic E-state index is 12.5. The predicted molar refractivity (Wildman–Crippen MR) is 101 cm³/mol. The van der Waals surface area contributed by atoms with E-state index < -0.39 is 0 Å². The Morgan fingerprint density at radius 3 is 2.73 bits per heavy atom. The van der Waals surface area contributed by atoms with Crippen molar-refractivity contribution >= 4 is 38.6 Å². The third kappa shape index (κ3) is 3.39. The van der Waals surface area contributed by atoms with E-state index in [1.54, 1.807) is 11.0 Å². The van der Waals surface area contributed by atoms with Gasteiger partial charge in [-0.3, -0.25) is 9.59 Å². The monoisotopic (exact) mass is 415 g/mol. The quantitative estimate of drug-likeness (QED) is 0.686. The van der Waals surface area contributed by atoms with E-state index in [1.165, 1.54) is 12.5 Å². The summed E-state index contributed by atoms with van der Waals surface area (Å²) >= 11 is 3.44. The molecule has 3 aromatic rings. The zero-order valence-corrected chi connectivity index (χ0v) is 15.6. The van der Waals surface area contributed by atoms with Crippen LogP contribution in [0.15, 0.2) is 51.7 Å². The minimum atomic E-state index is -0.114. The van der Waals surface area contributed by atoms with Gasteiger partial charge in [0, 0.05) is 34.5 Å². The van der Waals surface area contributed by atoms with Gasteiger partial charge in [0.2, 0.25) is 0 Å². The standard InChI is InChI=1S/C19H18BrN3O3/c20-14-1-2-16-13(9-14)10-17(22-16)18(24)21-15-3-6-23(7-4-15)19(25)12-5-8-26-11-12/h1-2,5,8-11,15,22H,3-4,6-7H2,(H,21,24). The first-order valence-corrected chi connectivity index (χ1v) is 9.30. The summed E-state index contributed by atoms with van der Waals surface area (Å²) in [6.45, 7) is 1.24. The van der Waals surface area contributed by atoms with E-state index in [-0.39, 0.29) is 17.9 Å². The first-order chi connectivity index (χ1) is 12.6. The second-order valence-electron chi connectivity index (χ2n) is 6.47. The van der Waals surface area contributed by atoms with Crippen LogP contribution in [0.5, 0.6) is 0 Å². The summed E-state index contributed by atoms with van der Waals surface area (Å²) in [5.41, 5.74) is 2.05. The lowest BCUT2D eigenvalue weighted by molar-refractivity contribution is 0.0697. The van der Waals surface area contributed by atoms with Gasteiger partial charge in [-0.2, -0.15) is 0 Å². The summed E-state index contributed by atoms with van der Waals surface area (Å²) in [6, 6.07) is 9.44. The summed E-state index contributed by atoms with van der Waals surface area (Å²) in [7, 11) is 0. The lowest BCUT2D eigenvalue weighted by atomic mass is 10.0. The topological polar surface area (TPSA) is 78.3 Å². The Morgan fingerprint density at radius 2 is 2.00 bits per heavy atom. The van der Waals surface area contributed by atoms with Crippen LogP contribution < -0.4 is 5.32 Å². The molecule has 0 spiro atoms. The Kier molecular flexibility index (Phi) is 4.55. The Labute approximate surface area is 158 Å². The number of nitrogens with zero attached hydrogens (tertiary/aromatic N) is 1.